The van der Waals surface area contributed by atoms with E-state index in [9.17, 15) is 8.78 Å². The molecule has 6 heteroatoms. The summed E-state index contributed by atoms with van der Waals surface area (Å²) in [7, 11) is 0. The molecule has 0 atom stereocenters. The van der Waals surface area contributed by atoms with Gasteiger partial charge in [-0.3, -0.25) is 0 Å². The molecule has 2 nitrogen and oxygen atoms in total. The number of hydrogen-bond acceptors (Lipinski definition) is 2. The molecule has 0 saturated carbocycles. The van der Waals surface area contributed by atoms with Crippen molar-refractivity contribution in [1.82, 2.24) is 0 Å². The molecule has 0 aliphatic carbocycles. The number of hydrogen-bond donors (Lipinski definition) is 2. The van der Waals surface area contributed by atoms with E-state index >= 15 is 0 Å². The summed E-state index contributed by atoms with van der Waals surface area (Å²) in [6.07, 6.45) is 0. The average molecular weight is 378 g/mol. The van der Waals surface area contributed by atoms with E-state index in [1.807, 2.05) is 0 Å². The van der Waals surface area contributed by atoms with E-state index in [2.05, 4.69) is 0 Å². The Bertz CT molecular complexity index is 524. The van der Waals surface area contributed by atoms with Crippen LogP contribution in [0.15, 0.2) is 36.4 Å². The number of nitrogens with two attached hydrogens (primary N) is 2. The predicted octanol–water partition coefficient (Wildman–Crippen LogP) is 0.403. The van der Waals surface area contributed by atoms with Gasteiger partial charge in [0.05, 0.1) is 0 Å². The Hall–Kier alpha value is -1.06. The first kappa shape index (κ1) is 13.4. The van der Waals surface area contributed by atoms with Gasteiger partial charge in [0, 0.05) is 0 Å². The van der Waals surface area contributed by atoms with Crippen molar-refractivity contribution in [2.75, 3.05) is 11.5 Å². The molecule has 0 radical (unpaired) electrons. The van der Waals surface area contributed by atoms with Crippen LogP contribution in [0, 0.1) is 11.6 Å². The van der Waals surface area contributed by atoms with Crippen molar-refractivity contribution in [2.24, 2.45) is 0 Å². The molecule has 0 aromatic heterocycles. The van der Waals surface area contributed by atoms with Crippen LogP contribution >= 0.6 is 0 Å². The molecule has 4 N–H and O–H groups in total. The monoisotopic (exact) mass is 380 g/mol. The Kier molecular flexibility index (Phi) is 4.25. The molecular weight excluding hydrogens is 368 g/mol. The summed E-state index contributed by atoms with van der Waals surface area (Å²) < 4.78 is 27.7. The molecule has 94 valence electrons. The van der Waals surface area contributed by atoms with Crippen LogP contribution < -0.4 is 20.4 Å². The molecule has 2 aromatic carbocycles. The first-order valence-corrected chi connectivity index (χ1v) is 11.1. The molecule has 2 rings (SSSR count). The third-order valence-corrected chi connectivity index (χ3v) is 9.48. The number of rotatable bonds is 3. The zero-order chi connectivity index (χ0) is 13.1. The third kappa shape index (κ3) is 3.24. The number of halogens is 2. The molecule has 0 heterocycles. The Labute approximate surface area is 115 Å². The molecule has 0 unspecified atom stereocenters. The summed E-state index contributed by atoms with van der Waals surface area (Å²) in [5, 5.41) is 0. The van der Waals surface area contributed by atoms with Crippen LogP contribution in [-0.4, -0.2) is 26.3 Å². The van der Waals surface area contributed by atoms with Gasteiger partial charge >= 0.3 is 115 Å². The van der Waals surface area contributed by atoms with Crippen LogP contribution in [0.1, 0.15) is 0 Å². The summed E-state index contributed by atoms with van der Waals surface area (Å²) in [5.41, 5.74) is 12.4. The maximum absolute atomic E-state index is 12.9. The standard InChI is InChI=1S/C12H10F2N2Se2/c13-7-1-3-11(9(15)5-7)17-18-12-4-2-8(14)6-10(12)16/h1-6H,15-16H2. The van der Waals surface area contributed by atoms with Crippen LogP contribution in [0.25, 0.3) is 0 Å². The molecule has 0 aliphatic rings. The fourth-order valence-electron chi connectivity index (χ4n) is 1.28. The Morgan fingerprint density at radius 2 is 1.11 bits per heavy atom. The van der Waals surface area contributed by atoms with Gasteiger partial charge in [0.2, 0.25) is 0 Å². The molecular formula is C12H10F2N2Se2. The van der Waals surface area contributed by atoms with Crippen molar-refractivity contribution in [1.29, 1.82) is 0 Å². The second-order valence-corrected chi connectivity index (χ2v) is 9.71. The predicted molar refractivity (Wildman–Crippen MR) is 72.4 cm³/mol. The molecule has 0 bridgehead atoms. The first-order chi connectivity index (χ1) is 8.56. The minimum absolute atomic E-state index is 0.108. The van der Waals surface area contributed by atoms with Crippen molar-refractivity contribution in [3.05, 3.63) is 48.0 Å². The van der Waals surface area contributed by atoms with Crippen molar-refractivity contribution in [2.45, 2.75) is 0 Å². The van der Waals surface area contributed by atoms with Crippen molar-refractivity contribution < 1.29 is 8.78 Å². The fourth-order valence-corrected chi connectivity index (χ4v) is 8.09. The van der Waals surface area contributed by atoms with E-state index in [1.54, 1.807) is 12.1 Å². The summed E-state index contributed by atoms with van der Waals surface area (Å²) >= 11 is 0.216. The Morgan fingerprint density at radius 3 is 1.44 bits per heavy atom. The Morgan fingerprint density at radius 1 is 0.722 bits per heavy atom. The number of nitrogen functional groups attached to an aromatic ring is 2. The van der Waals surface area contributed by atoms with Crippen LogP contribution in [0.4, 0.5) is 20.2 Å². The van der Waals surface area contributed by atoms with Crippen molar-refractivity contribution >= 4 is 46.6 Å². The quantitative estimate of drug-likeness (QED) is 0.601. The van der Waals surface area contributed by atoms with Gasteiger partial charge in [-0.05, 0) is 0 Å². The SMILES string of the molecule is Nc1cc(F)ccc1[Se][Se]c1ccc(F)cc1N. The van der Waals surface area contributed by atoms with Crippen LogP contribution in [-0.2, 0) is 0 Å². The molecule has 0 saturated heterocycles. The summed E-state index contributed by atoms with van der Waals surface area (Å²) in [6.45, 7) is 0. The molecule has 0 fully saturated rings. The zero-order valence-electron chi connectivity index (χ0n) is 9.19. The molecule has 18 heavy (non-hydrogen) atoms. The number of benzene rings is 2. The zero-order valence-corrected chi connectivity index (χ0v) is 12.6. The van der Waals surface area contributed by atoms with E-state index in [0.717, 1.165) is 8.92 Å². The Balaban J connectivity index is 2.11. The van der Waals surface area contributed by atoms with E-state index in [-0.39, 0.29) is 37.9 Å². The normalized spacial score (nSPS) is 10.6. The van der Waals surface area contributed by atoms with Gasteiger partial charge in [-0.15, -0.1) is 0 Å². The van der Waals surface area contributed by atoms with E-state index in [4.69, 9.17) is 11.5 Å². The summed E-state index contributed by atoms with van der Waals surface area (Å²) in [6, 6.07) is 8.84. The molecule has 0 aliphatic heterocycles. The summed E-state index contributed by atoms with van der Waals surface area (Å²) in [4.78, 5) is 0. The number of anilines is 2. The van der Waals surface area contributed by atoms with E-state index in [0.29, 0.717) is 11.4 Å². The van der Waals surface area contributed by atoms with Crippen molar-refractivity contribution in [3.63, 3.8) is 0 Å². The second-order valence-electron chi connectivity index (χ2n) is 3.53. The second kappa shape index (κ2) is 5.72. The van der Waals surface area contributed by atoms with Gasteiger partial charge in [-0.25, -0.2) is 0 Å². The van der Waals surface area contributed by atoms with Crippen LogP contribution in [0.5, 0.6) is 0 Å². The minimum atomic E-state index is -0.333. The third-order valence-electron chi connectivity index (χ3n) is 2.16. The van der Waals surface area contributed by atoms with Crippen molar-refractivity contribution in [3.8, 4) is 0 Å². The fraction of sp³-hybridized carbons (Fsp3) is 0. The van der Waals surface area contributed by atoms with E-state index < -0.39 is 0 Å². The molecule has 0 spiro atoms. The van der Waals surface area contributed by atoms with Gasteiger partial charge in [0.15, 0.2) is 0 Å². The van der Waals surface area contributed by atoms with Crippen LogP contribution in [0.2, 0.25) is 0 Å². The van der Waals surface area contributed by atoms with Gasteiger partial charge in [-0.2, -0.15) is 0 Å². The van der Waals surface area contributed by atoms with Gasteiger partial charge in [0.25, 0.3) is 0 Å². The van der Waals surface area contributed by atoms with Gasteiger partial charge < -0.3 is 0 Å². The first-order valence-electron chi connectivity index (χ1n) is 5.01. The van der Waals surface area contributed by atoms with Gasteiger partial charge in [-0.1, -0.05) is 0 Å². The van der Waals surface area contributed by atoms with Gasteiger partial charge in [0.1, 0.15) is 0 Å². The molecule has 2 aromatic rings. The van der Waals surface area contributed by atoms with Crippen LogP contribution in [0.3, 0.4) is 0 Å². The van der Waals surface area contributed by atoms with E-state index in [1.165, 1.54) is 24.3 Å². The topological polar surface area (TPSA) is 52.0 Å². The summed E-state index contributed by atoms with van der Waals surface area (Å²) in [5.74, 6) is -0.665. The average Bonchev–Trinajstić information content (AvgIpc) is 2.30. The molecule has 0 amide bonds. The maximum atomic E-state index is 12.9.